The third-order valence-corrected chi connectivity index (χ3v) is 3.65. The van der Waals surface area contributed by atoms with Gasteiger partial charge in [-0.3, -0.25) is 4.79 Å². The molecule has 2 atom stereocenters. The van der Waals surface area contributed by atoms with Crippen molar-refractivity contribution in [3.05, 3.63) is 22.6 Å². The number of hydrogen-bond donors (Lipinski definition) is 1. The number of carbonyl (C=O) groups is 1. The fourth-order valence-electron chi connectivity index (χ4n) is 2.34. The lowest BCUT2D eigenvalue weighted by molar-refractivity contribution is 0.0583. The number of halogens is 2. The van der Waals surface area contributed by atoms with Gasteiger partial charge in [0.2, 0.25) is 0 Å². The number of amides is 1. The van der Waals surface area contributed by atoms with Gasteiger partial charge in [0.25, 0.3) is 5.91 Å². The summed E-state index contributed by atoms with van der Waals surface area (Å²) >= 11 is 3.21. The van der Waals surface area contributed by atoms with Gasteiger partial charge in [0.05, 0.1) is 5.56 Å². The first-order valence-electron chi connectivity index (χ1n) is 5.90. The van der Waals surface area contributed by atoms with E-state index in [-0.39, 0.29) is 30.4 Å². The lowest BCUT2D eigenvalue weighted by Crippen LogP contribution is -2.51. The van der Waals surface area contributed by atoms with Gasteiger partial charge in [0.1, 0.15) is 6.26 Å². The number of nitrogens with two attached hydrogens (primary N) is 1. The van der Waals surface area contributed by atoms with Gasteiger partial charge in [-0.15, -0.1) is 12.4 Å². The Bertz CT molecular complexity index is 409. The van der Waals surface area contributed by atoms with Crippen LogP contribution in [-0.2, 0) is 0 Å². The fraction of sp³-hybridized carbons (Fsp3) is 0.583. The van der Waals surface area contributed by atoms with E-state index in [9.17, 15) is 4.79 Å². The number of carbonyl (C=O) groups excluding carboxylic acids is 1. The number of piperidine rings is 1. The molecule has 1 aliphatic heterocycles. The summed E-state index contributed by atoms with van der Waals surface area (Å²) in [4.78, 5) is 14.2. The van der Waals surface area contributed by atoms with Crippen molar-refractivity contribution in [2.45, 2.75) is 38.3 Å². The van der Waals surface area contributed by atoms with Crippen LogP contribution in [0.4, 0.5) is 0 Å². The van der Waals surface area contributed by atoms with E-state index in [1.165, 1.54) is 6.26 Å². The van der Waals surface area contributed by atoms with E-state index in [1.54, 1.807) is 6.07 Å². The maximum Gasteiger partial charge on any atom is 0.257 e. The predicted molar refractivity (Wildman–Crippen MR) is 76.0 cm³/mol. The fourth-order valence-corrected chi connectivity index (χ4v) is 2.68. The molecule has 1 amide bonds. The molecule has 0 aliphatic carbocycles. The Balaban J connectivity index is 0.00000162. The lowest BCUT2D eigenvalue weighted by Gasteiger charge is -2.37. The SMILES string of the molecule is CC(N)C1CCCCN1C(=O)c1coc(Br)c1.Cl. The number of hydrogen-bond acceptors (Lipinski definition) is 3. The van der Waals surface area contributed by atoms with Gasteiger partial charge < -0.3 is 15.1 Å². The number of furan rings is 1. The first kappa shape index (κ1) is 15.5. The van der Waals surface area contributed by atoms with Crippen molar-refractivity contribution in [3.63, 3.8) is 0 Å². The molecule has 0 spiro atoms. The van der Waals surface area contributed by atoms with E-state index < -0.39 is 0 Å². The maximum atomic E-state index is 12.3. The average molecular weight is 338 g/mol. The topological polar surface area (TPSA) is 59.5 Å². The van der Waals surface area contributed by atoms with Crippen molar-refractivity contribution in [2.24, 2.45) is 5.73 Å². The van der Waals surface area contributed by atoms with Crippen LogP contribution >= 0.6 is 28.3 Å². The van der Waals surface area contributed by atoms with Gasteiger partial charge in [0.15, 0.2) is 4.67 Å². The summed E-state index contributed by atoms with van der Waals surface area (Å²) in [6, 6.07) is 1.86. The van der Waals surface area contributed by atoms with Crippen LogP contribution in [0.1, 0.15) is 36.5 Å². The zero-order chi connectivity index (χ0) is 12.4. The van der Waals surface area contributed by atoms with Crippen molar-refractivity contribution in [2.75, 3.05) is 6.54 Å². The monoisotopic (exact) mass is 336 g/mol. The summed E-state index contributed by atoms with van der Waals surface area (Å²) in [5, 5.41) is 0. The molecule has 1 aromatic heterocycles. The molecule has 0 saturated carbocycles. The van der Waals surface area contributed by atoms with Crippen molar-refractivity contribution in [3.8, 4) is 0 Å². The number of rotatable bonds is 2. The molecule has 18 heavy (non-hydrogen) atoms. The minimum absolute atomic E-state index is 0. The molecule has 2 N–H and O–H groups in total. The van der Waals surface area contributed by atoms with Crippen LogP contribution in [0.3, 0.4) is 0 Å². The Kier molecular flexibility index (Phi) is 5.69. The molecule has 2 heterocycles. The summed E-state index contributed by atoms with van der Waals surface area (Å²) < 4.78 is 5.69. The first-order chi connectivity index (χ1) is 8.09. The van der Waals surface area contributed by atoms with Gasteiger partial charge >= 0.3 is 0 Å². The Labute approximate surface area is 121 Å². The summed E-state index contributed by atoms with van der Waals surface area (Å²) in [6.45, 7) is 2.75. The zero-order valence-corrected chi connectivity index (χ0v) is 12.7. The number of likely N-dealkylation sites (tertiary alicyclic amines) is 1. The second kappa shape index (κ2) is 6.59. The first-order valence-corrected chi connectivity index (χ1v) is 6.69. The molecule has 102 valence electrons. The molecule has 1 saturated heterocycles. The van der Waals surface area contributed by atoms with E-state index >= 15 is 0 Å². The molecule has 1 fully saturated rings. The van der Waals surface area contributed by atoms with Gasteiger partial charge in [-0.05, 0) is 42.1 Å². The molecule has 1 aliphatic rings. The average Bonchev–Trinajstić information content (AvgIpc) is 2.75. The largest absolute Gasteiger partial charge is 0.457 e. The summed E-state index contributed by atoms with van der Waals surface area (Å²) in [7, 11) is 0. The normalized spacial score (nSPS) is 21.3. The third kappa shape index (κ3) is 3.28. The van der Waals surface area contributed by atoms with Gasteiger partial charge in [-0.1, -0.05) is 0 Å². The Hall–Kier alpha value is -0.520. The Morgan fingerprint density at radius 1 is 1.61 bits per heavy atom. The molecule has 4 nitrogen and oxygen atoms in total. The second-order valence-electron chi connectivity index (χ2n) is 4.56. The summed E-state index contributed by atoms with van der Waals surface area (Å²) in [5.74, 6) is 0.0152. The van der Waals surface area contributed by atoms with Crippen molar-refractivity contribution >= 4 is 34.2 Å². The second-order valence-corrected chi connectivity index (χ2v) is 5.34. The standard InChI is InChI=1S/C12H17BrN2O2.ClH/c1-8(14)10-4-2-3-5-15(10)12(16)9-6-11(13)17-7-9;/h6-8,10H,2-5,14H2,1H3;1H. The Morgan fingerprint density at radius 2 is 2.33 bits per heavy atom. The van der Waals surface area contributed by atoms with Crippen LogP contribution in [0.5, 0.6) is 0 Å². The van der Waals surface area contributed by atoms with Crippen LogP contribution in [0.25, 0.3) is 0 Å². The lowest BCUT2D eigenvalue weighted by atomic mass is 9.96. The van der Waals surface area contributed by atoms with Crippen LogP contribution in [0, 0.1) is 0 Å². The predicted octanol–water partition coefficient (Wildman–Crippen LogP) is 2.81. The van der Waals surface area contributed by atoms with Crippen molar-refractivity contribution in [1.82, 2.24) is 4.90 Å². The molecule has 0 radical (unpaired) electrons. The smallest absolute Gasteiger partial charge is 0.257 e. The summed E-state index contributed by atoms with van der Waals surface area (Å²) in [5.41, 5.74) is 6.54. The van der Waals surface area contributed by atoms with E-state index in [0.29, 0.717) is 10.2 Å². The Morgan fingerprint density at radius 3 is 2.89 bits per heavy atom. The highest BCUT2D eigenvalue weighted by molar-refractivity contribution is 9.10. The summed E-state index contributed by atoms with van der Waals surface area (Å²) in [6.07, 6.45) is 4.67. The number of nitrogens with zero attached hydrogens (tertiary/aromatic N) is 1. The third-order valence-electron chi connectivity index (χ3n) is 3.23. The van der Waals surface area contributed by atoms with Crippen LogP contribution in [0.2, 0.25) is 0 Å². The zero-order valence-electron chi connectivity index (χ0n) is 10.3. The van der Waals surface area contributed by atoms with Crippen molar-refractivity contribution in [1.29, 1.82) is 0 Å². The van der Waals surface area contributed by atoms with Crippen LogP contribution in [0.15, 0.2) is 21.4 Å². The minimum atomic E-state index is 0. The maximum absolute atomic E-state index is 12.3. The minimum Gasteiger partial charge on any atom is -0.457 e. The van der Waals surface area contributed by atoms with E-state index in [2.05, 4.69) is 15.9 Å². The van der Waals surface area contributed by atoms with E-state index in [4.69, 9.17) is 10.2 Å². The highest BCUT2D eigenvalue weighted by Crippen LogP contribution is 2.23. The molecule has 0 aromatic carbocycles. The van der Waals surface area contributed by atoms with Crippen LogP contribution < -0.4 is 5.73 Å². The van der Waals surface area contributed by atoms with Gasteiger partial charge in [0, 0.05) is 24.7 Å². The molecule has 6 heteroatoms. The quantitative estimate of drug-likeness (QED) is 0.902. The highest BCUT2D eigenvalue weighted by Gasteiger charge is 2.30. The molecule has 2 unspecified atom stereocenters. The molecule has 0 bridgehead atoms. The highest BCUT2D eigenvalue weighted by atomic mass is 79.9. The van der Waals surface area contributed by atoms with Crippen LogP contribution in [-0.4, -0.2) is 29.4 Å². The van der Waals surface area contributed by atoms with E-state index in [1.807, 2.05) is 11.8 Å². The van der Waals surface area contributed by atoms with Crippen molar-refractivity contribution < 1.29 is 9.21 Å². The van der Waals surface area contributed by atoms with E-state index in [0.717, 1.165) is 25.8 Å². The molecule has 1 aromatic rings. The van der Waals surface area contributed by atoms with Gasteiger partial charge in [-0.25, -0.2) is 0 Å². The molecule has 2 rings (SSSR count). The molecular formula is C12H18BrClN2O2. The van der Waals surface area contributed by atoms with Gasteiger partial charge in [-0.2, -0.15) is 0 Å². The molecular weight excluding hydrogens is 320 g/mol.